The van der Waals surface area contributed by atoms with Gasteiger partial charge in [0.15, 0.2) is 0 Å². The Balaban J connectivity index is 1.95. The molecule has 3 aliphatic rings. The number of amides is 1. The number of carbonyl (C=O) groups excluding carboxylic acids is 1. The molecule has 3 heteroatoms. The Kier molecular flexibility index (Phi) is 2.46. The van der Waals surface area contributed by atoms with E-state index in [4.69, 9.17) is 0 Å². The summed E-state index contributed by atoms with van der Waals surface area (Å²) in [4.78, 5) is 14.2. The third kappa shape index (κ3) is 1.27. The van der Waals surface area contributed by atoms with E-state index in [2.05, 4.69) is 4.90 Å². The third-order valence-electron chi connectivity index (χ3n) is 5.11. The lowest BCUT2D eigenvalue weighted by Crippen LogP contribution is -2.59. The minimum Gasteiger partial charge on any atom is -0.394 e. The number of hydrogen-bond donors (Lipinski definition) is 1. The minimum absolute atomic E-state index is 0.119. The van der Waals surface area contributed by atoms with E-state index in [-0.39, 0.29) is 18.2 Å². The number of nitrogens with zero attached hydrogens (tertiary/aromatic N) is 1. The lowest BCUT2D eigenvalue weighted by molar-refractivity contribution is -0.149. The van der Waals surface area contributed by atoms with Crippen molar-refractivity contribution in [2.45, 2.75) is 62.9 Å². The van der Waals surface area contributed by atoms with Crippen LogP contribution in [0.25, 0.3) is 0 Å². The lowest BCUT2D eigenvalue weighted by Gasteiger charge is -2.52. The molecular formula is C13H21NO2. The SMILES string of the molecule is O=C1CC[C@@H]2CCCC[C@@]23CC[C@H](CO)N13. The van der Waals surface area contributed by atoms with Crippen molar-refractivity contribution in [2.24, 2.45) is 5.92 Å². The third-order valence-corrected chi connectivity index (χ3v) is 5.11. The first-order valence-corrected chi connectivity index (χ1v) is 6.71. The molecule has 2 heterocycles. The minimum atomic E-state index is 0.119. The fourth-order valence-electron chi connectivity index (χ4n) is 4.43. The summed E-state index contributed by atoms with van der Waals surface area (Å²) in [5.41, 5.74) is 0.154. The normalized spacial score (nSPS) is 43.1. The molecule has 3 nitrogen and oxygen atoms in total. The molecule has 90 valence electrons. The van der Waals surface area contributed by atoms with E-state index in [0.717, 1.165) is 25.2 Å². The van der Waals surface area contributed by atoms with Crippen LogP contribution in [0.2, 0.25) is 0 Å². The Labute approximate surface area is 96.8 Å². The van der Waals surface area contributed by atoms with Crippen LogP contribution in [0.3, 0.4) is 0 Å². The number of aliphatic hydroxyl groups is 1. The van der Waals surface area contributed by atoms with Gasteiger partial charge >= 0.3 is 0 Å². The van der Waals surface area contributed by atoms with Gasteiger partial charge in [0.2, 0.25) is 5.91 Å². The molecule has 0 radical (unpaired) electrons. The zero-order valence-corrected chi connectivity index (χ0v) is 9.82. The van der Waals surface area contributed by atoms with Crippen LogP contribution in [-0.2, 0) is 4.79 Å². The maximum absolute atomic E-state index is 12.1. The van der Waals surface area contributed by atoms with Gasteiger partial charge < -0.3 is 10.0 Å². The molecule has 2 aliphatic heterocycles. The summed E-state index contributed by atoms with van der Waals surface area (Å²) < 4.78 is 0. The van der Waals surface area contributed by atoms with Crippen LogP contribution >= 0.6 is 0 Å². The van der Waals surface area contributed by atoms with Gasteiger partial charge in [-0.1, -0.05) is 12.8 Å². The Morgan fingerprint density at radius 3 is 2.94 bits per heavy atom. The summed E-state index contributed by atoms with van der Waals surface area (Å²) in [5, 5.41) is 9.42. The van der Waals surface area contributed by atoms with Crippen molar-refractivity contribution < 1.29 is 9.90 Å². The number of rotatable bonds is 1. The van der Waals surface area contributed by atoms with Gasteiger partial charge in [-0.15, -0.1) is 0 Å². The van der Waals surface area contributed by atoms with Crippen molar-refractivity contribution in [2.75, 3.05) is 6.61 Å². The van der Waals surface area contributed by atoms with Gasteiger partial charge in [0, 0.05) is 12.0 Å². The summed E-state index contributed by atoms with van der Waals surface area (Å²) in [6.45, 7) is 0.153. The monoisotopic (exact) mass is 223 g/mol. The maximum atomic E-state index is 12.1. The highest BCUT2D eigenvalue weighted by molar-refractivity contribution is 5.79. The first kappa shape index (κ1) is 10.6. The highest BCUT2D eigenvalue weighted by Crippen LogP contribution is 2.51. The molecule has 1 N–H and O–H groups in total. The molecule has 3 rings (SSSR count). The second-order valence-corrected chi connectivity index (χ2v) is 5.72. The van der Waals surface area contributed by atoms with Crippen LogP contribution in [0.15, 0.2) is 0 Å². The van der Waals surface area contributed by atoms with Crippen molar-refractivity contribution in [3.8, 4) is 0 Å². The number of piperidine rings is 1. The van der Waals surface area contributed by atoms with E-state index >= 15 is 0 Å². The smallest absolute Gasteiger partial charge is 0.223 e. The van der Waals surface area contributed by atoms with E-state index in [1.807, 2.05) is 0 Å². The second kappa shape index (κ2) is 3.73. The zero-order chi connectivity index (χ0) is 11.2. The van der Waals surface area contributed by atoms with Crippen LogP contribution in [0, 0.1) is 5.92 Å². The summed E-state index contributed by atoms with van der Waals surface area (Å²) in [6.07, 6.45) is 9.02. The first-order valence-electron chi connectivity index (χ1n) is 6.71. The molecule has 0 aromatic heterocycles. The van der Waals surface area contributed by atoms with Crippen LogP contribution in [0.4, 0.5) is 0 Å². The number of aliphatic hydroxyl groups excluding tert-OH is 1. The Hall–Kier alpha value is -0.570. The summed E-state index contributed by atoms with van der Waals surface area (Å²) in [6, 6.07) is 0.119. The fraction of sp³-hybridized carbons (Fsp3) is 0.923. The average molecular weight is 223 g/mol. The molecule has 1 aliphatic carbocycles. The predicted molar refractivity (Wildman–Crippen MR) is 60.9 cm³/mol. The molecule has 2 saturated heterocycles. The molecule has 1 amide bonds. The molecule has 0 aromatic rings. The van der Waals surface area contributed by atoms with Crippen molar-refractivity contribution in [3.05, 3.63) is 0 Å². The molecule has 0 bridgehead atoms. The molecule has 0 aromatic carbocycles. The standard InChI is InChI=1S/C13H21NO2/c15-9-11-6-8-13-7-2-1-3-10(13)4-5-12(16)14(11)13/h10-11,15H,1-9H2/t10-,11+,13+/m0/s1. The fourth-order valence-corrected chi connectivity index (χ4v) is 4.43. The highest BCUT2D eigenvalue weighted by atomic mass is 16.3. The maximum Gasteiger partial charge on any atom is 0.223 e. The molecule has 0 unspecified atom stereocenters. The number of hydrogen-bond acceptors (Lipinski definition) is 2. The number of carbonyl (C=O) groups is 1. The van der Waals surface area contributed by atoms with Crippen molar-refractivity contribution in [1.82, 2.24) is 4.90 Å². The summed E-state index contributed by atoms with van der Waals surface area (Å²) in [7, 11) is 0. The van der Waals surface area contributed by atoms with E-state index in [0.29, 0.717) is 12.3 Å². The van der Waals surface area contributed by atoms with E-state index in [9.17, 15) is 9.90 Å². The topological polar surface area (TPSA) is 40.5 Å². The molecule has 3 atom stereocenters. The van der Waals surface area contributed by atoms with E-state index in [1.165, 1.54) is 25.7 Å². The van der Waals surface area contributed by atoms with Crippen LogP contribution in [0.5, 0.6) is 0 Å². The van der Waals surface area contributed by atoms with E-state index in [1.54, 1.807) is 0 Å². The largest absolute Gasteiger partial charge is 0.394 e. The van der Waals surface area contributed by atoms with Gasteiger partial charge in [0.05, 0.1) is 12.6 Å². The van der Waals surface area contributed by atoms with Crippen molar-refractivity contribution in [1.29, 1.82) is 0 Å². The van der Waals surface area contributed by atoms with Gasteiger partial charge in [-0.25, -0.2) is 0 Å². The molecule has 1 spiro atoms. The Morgan fingerprint density at radius 2 is 2.12 bits per heavy atom. The lowest BCUT2D eigenvalue weighted by atomic mass is 9.67. The molecule has 1 saturated carbocycles. The molecular weight excluding hydrogens is 202 g/mol. The van der Waals surface area contributed by atoms with Crippen molar-refractivity contribution in [3.63, 3.8) is 0 Å². The van der Waals surface area contributed by atoms with Gasteiger partial charge in [0.25, 0.3) is 0 Å². The van der Waals surface area contributed by atoms with Crippen LogP contribution in [-0.4, -0.2) is 34.1 Å². The zero-order valence-electron chi connectivity index (χ0n) is 9.82. The summed E-state index contributed by atoms with van der Waals surface area (Å²) >= 11 is 0. The van der Waals surface area contributed by atoms with Gasteiger partial charge in [-0.3, -0.25) is 4.79 Å². The predicted octanol–water partition coefficient (Wildman–Crippen LogP) is 1.69. The van der Waals surface area contributed by atoms with Crippen LogP contribution in [0.1, 0.15) is 51.4 Å². The van der Waals surface area contributed by atoms with Gasteiger partial charge in [-0.2, -0.15) is 0 Å². The molecule has 16 heavy (non-hydrogen) atoms. The summed E-state index contributed by atoms with van der Waals surface area (Å²) in [5.74, 6) is 1.02. The Bertz CT molecular complexity index is 304. The quantitative estimate of drug-likeness (QED) is 0.735. The highest BCUT2D eigenvalue weighted by Gasteiger charge is 2.55. The van der Waals surface area contributed by atoms with Gasteiger partial charge in [0.1, 0.15) is 0 Å². The second-order valence-electron chi connectivity index (χ2n) is 5.72. The van der Waals surface area contributed by atoms with E-state index < -0.39 is 0 Å². The first-order chi connectivity index (χ1) is 7.78. The van der Waals surface area contributed by atoms with Crippen LogP contribution < -0.4 is 0 Å². The average Bonchev–Trinajstić information content (AvgIpc) is 2.68. The van der Waals surface area contributed by atoms with Gasteiger partial charge in [-0.05, 0) is 38.0 Å². The molecule has 3 fully saturated rings. The van der Waals surface area contributed by atoms with Crippen molar-refractivity contribution >= 4 is 5.91 Å². The Morgan fingerprint density at radius 1 is 1.25 bits per heavy atom.